The van der Waals surface area contributed by atoms with Crippen LogP contribution in [0.2, 0.25) is 0 Å². The van der Waals surface area contributed by atoms with Crippen LogP contribution < -0.4 is 10.2 Å². The minimum atomic E-state index is -0.944. The van der Waals surface area contributed by atoms with Gasteiger partial charge in [-0.2, -0.15) is 0 Å². The second-order valence-electron chi connectivity index (χ2n) is 1.09. The van der Waals surface area contributed by atoms with Crippen molar-refractivity contribution in [1.82, 2.24) is 0 Å². The van der Waals surface area contributed by atoms with Gasteiger partial charge >= 0.3 is 23.1 Å². The summed E-state index contributed by atoms with van der Waals surface area (Å²) in [5, 5.41) is 18.6. The normalized spacial score (nSPS) is 14.0. The molecule has 0 N–H and O–H groups in total. The molecule has 0 aliphatic rings. The summed E-state index contributed by atoms with van der Waals surface area (Å²) in [7, 11) is 0. The summed E-state index contributed by atoms with van der Waals surface area (Å²) >= 11 is 9.44. The van der Waals surface area contributed by atoms with Crippen LogP contribution in [0.3, 0.4) is 0 Å². The van der Waals surface area contributed by atoms with Crippen molar-refractivity contribution in [2.75, 3.05) is 0 Å². The molecule has 0 fully saturated rings. The topological polar surface area (TPSA) is 46.1 Å². The van der Waals surface area contributed by atoms with Crippen LogP contribution in [0.4, 0.5) is 0 Å². The zero-order valence-corrected chi connectivity index (χ0v) is 8.36. The molecule has 9 heavy (non-hydrogen) atoms. The van der Waals surface area contributed by atoms with E-state index in [9.17, 15) is 10.2 Å². The van der Waals surface area contributed by atoms with Crippen LogP contribution in [0.25, 0.3) is 0 Å². The van der Waals surface area contributed by atoms with E-state index in [2.05, 4.69) is 0 Å². The molecule has 52 valence electrons. The molecule has 0 heterocycles. The van der Waals surface area contributed by atoms with Gasteiger partial charge in [0.15, 0.2) is 0 Å². The first-order valence-corrected chi connectivity index (χ1v) is 2.94. The molecule has 0 aromatic heterocycles. The standard InChI is InChI=1S/2C2H4ClO.Mg/c2*1-2(3)4;/h2*2H,1H3;/q2*-1;+2. The Kier molecular flexibility index (Phi) is 22.2. The average Bonchev–Trinajstić information content (AvgIpc) is 1.25. The largest absolute Gasteiger partial charge is 2.00 e. The van der Waals surface area contributed by atoms with Crippen molar-refractivity contribution in [2.45, 2.75) is 25.0 Å². The van der Waals surface area contributed by atoms with Gasteiger partial charge in [-0.25, -0.2) is 0 Å². The molecule has 0 amide bonds. The van der Waals surface area contributed by atoms with Crippen molar-refractivity contribution in [3.63, 3.8) is 0 Å². The Morgan fingerprint density at radius 2 is 1.00 bits per heavy atom. The molecule has 0 aliphatic carbocycles. The number of hydrogen-bond acceptors (Lipinski definition) is 2. The van der Waals surface area contributed by atoms with E-state index in [0.717, 1.165) is 0 Å². The fourth-order valence-corrected chi connectivity index (χ4v) is 0. The van der Waals surface area contributed by atoms with E-state index in [4.69, 9.17) is 23.2 Å². The Labute approximate surface area is 81.3 Å². The van der Waals surface area contributed by atoms with Gasteiger partial charge in [0.2, 0.25) is 0 Å². The van der Waals surface area contributed by atoms with Crippen molar-refractivity contribution in [1.29, 1.82) is 0 Å². The van der Waals surface area contributed by atoms with Gasteiger partial charge < -0.3 is 10.2 Å². The van der Waals surface area contributed by atoms with Gasteiger partial charge in [-0.15, -0.1) is 23.2 Å². The van der Waals surface area contributed by atoms with Crippen LogP contribution in [0, 0.1) is 0 Å². The quantitative estimate of drug-likeness (QED) is 0.375. The van der Waals surface area contributed by atoms with Gasteiger partial charge in [0.25, 0.3) is 0 Å². The Hall–Kier alpha value is 1.27. The molecule has 0 spiro atoms. The molecule has 0 saturated carbocycles. The average molecular weight is 183 g/mol. The third-order valence-corrected chi connectivity index (χ3v) is 0. The van der Waals surface area contributed by atoms with E-state index >= 15 is 0 Å². The second kappa shape index (κ2) is 12.0. The van der Waals surface area contributed by atoms with Crippen LogP contribution in [-0.4, -0.2) is 34.2 Å². The van der Waals surface area contributed by atoms with Crippen molar-refractivity contribution in [2.24, 2.45) is 0 Å². The smallest absolute Gasteiger partial charge is 0.840 e. The van der Waals surface area contributed by atoms with Crippen LogP contribution >= 0.6 is 23.2 Å². The zero-order valence-electron chi connectivity index (χ0n) is 5.43. The molecular formula is C4H8Cl2MgO2. The van der Waals surface area contributed by atoms with Gasteiger partial charge in [-0.3, -0.25) is 0 Å². The summed E-state index contributed by atoms with van der Waals surface area (Å²) in [5.74, 6) is 0. The van der Waals surface area contributed by atoms with Crippen LogP contribution in [0.5, 0.6) is 0 Å². The zero-order chi connectivity index (χ0) is 7.15. The molecule has 0 saturated heterocycles. The van der Waals surface area contributed by atoms with Crippen LogP contribution in [-0.2, 0) is 0 Å². The van der Waals surface area contributed by atoms with Crippen molar-refractivity contribution in [3.05, 3.63) is 0 Å². The van der Waals surface area contributed by atoms with E-state index in [1.165, 1.54) is 13.8 Å². The Bertz CT molecular complexity index is 32.0. The van der Waals surface area contributed by atoms with Crippen molar-refractivity contribution in [3.8, 4) is 0 Å². The predicted molar refractivity (Wildman–Crippen MR) is 36.4 cm³/mol. The van der Waals surface area contributed by atoms with Crippen LogP contribution in [0.1, 0.15) is 13.8 Å². The maximum absolute atomic E-state index is 9.29. The summed E-state index contributed by atoms with van der Waals surface area (Å²) in [5.41, 5.74) is -1.89. The minimum absolute atomic E-state index is 0. The maximum Gasteiger partial charge on any atom is 2.00 e. The number of hydrogen-bond donors (Lipinski definition) is 0. The van der Waals surface area contributed by atoms with Crippen LogP contribution in [0.15, 0.2) is 0 Å². The van der Waals surface area contributed by atoms with Gasteiger partial charge in [0.05, 0.1) is 0 Å². The van der Waals surface area contributed by atoms with Gasteiger partial charge in [-0.05, 0) is 11.1 Å². The molecule has 0 bridgehead atoms. The number of halogens is 2. The summed E-state index contributed by atoms with van der Waals surface area (Å²) < 4.78 is 0. The summed E-state index contributed by atoms with van der Waals surface area (Å²) in [6, 6.07) is 0. The first-order chi connectivity index (χ1) is 3.46. The van der Waals surface area contributed by atoms with Crippen molar-refractivity contribution >= 4 is 46.3 Å². The molecule has 0 aliphatic heterocycles. The number of rotatable bonds is 0. The first kappa shape index (κ1) is 16.7. The van der Waals surface area contributed by atoms with Gasteiger partial charge in [-0.1, -0.05) is 13.8 Å². The Morgan fingerprint density at radius 1 is 1.00 bits per heavy atom. The molecule has 2 nitrogen and oxygen atoms in total. The summed E-state index contributed by atoms with van der Waals surface area (Å²) in [4.78, 5) is 0. The van der Waals surface area contributed by atoms with E-state index in [1.54, 1.807) is 0 Å². The maximum atomic E-state index is 9.29. The second-order valence-corrected chi connectivity index (χ2v) is 2.32. The van der Waals surface area contributed by atoms with Crippen molar-refractivity contribution < 1.29 is 10.2 Å². The van der Waals surface area contributed by atoms with E-state index in [-0.39, 0.29) is 23.1 Å². The Morgan fingerprint density at radius 3 is 1.00 bits per heavy atom. The third kappa shape index (κ3) is 305. The fraction of sp³-hybridized carbons (Fsp3) is 1.00. The molecule has 0 rings (SSSR count). The fourth-order valence-electron chi connectivity index (χ4n) is 0. The molecule has 0 aromatic carbocycles. The molecule has 0 aromatic rings. The molecular weight excluding hydrogens is 175 g/mol. The molecule has 0 radical (unpaired) electrons. The van der Waals surface area contributed by atoms with Gasteiger partial charge in [0, 0.05) is 0 Å². The molecule has 2 atom stereocenters. The van der Waals surface area contributed by atoms with E-state index in [1.807, 2.05) is 0 Å². The minimum Gasteiger partial charge on any atom is -0.840 e. The third-order valence-electron chi connectivity index (χ3n) is 0. The monoisotopic (exact) mass is 182 g/mol. The molecule has 2 unspecified atom stereocenters. The first-order valence-electron chi connectivity index (χ1n) is 2.06. The number of alkyl halides is 2. The summed E-state index contributed by atoms with van der Waals surface area (Å²) in [6.45, 7) is 2.75. The van der Waals surface area contributed by atoms with E-state index in [0.29, 0.717) is 0 Å². The SMILES string of the molecule is CC([O-])Cl.CC([O-])Cl.[Mg+2]. The predicted octanol–water partition coefficient (Wildman–Crippen LogP) is -0.518. The molecule has 5 heteroatoms. The van der Waals surface area contributed by atoms with Gasteiger partial charge in [0.1, 0.15) is 0 Å². The Balaban J connectivity index is -0.0000000720. The van der Waals surface area contributed by atoms with E-state index < -0.39 is 11.1 Å². The summed E-state index contributed by atoms with van der Waals surface area (Å²) in [6.07, 6.45) is 0.